The molecule has 1 aromatic heterocycles. The van der Waals surface area contributed by atoms with Crippen LogP contribution in [0.5, 0.6) is 0 Å². The van der Waals surface area contributed by atoms with Crippen LogP contribution >= 0.6 is 11.6 Å². The highest BCUT2D eigenvalue weighted by Gasteiger charge is 2.27. The second kappa shape index (κ2) is 6.23. The fourth-order valence-corrected chi connectivity index (χ4v) is 3.35. The van der Waals surface area contributed by atoms with Crippen LogP contribution in [-0.2, 0) is 0 Å². The zero-order chi connectivity index (χ0) is 15.7. The number of nitrogens with zero attached hydrogens (tertiary/aromatic N) is 2. The Morgan fingerprint density at radius 3 is 3.00 bits per heavy atom. The van der Waals surface area contributed by atoms with E-state index in [1.165, 1.54) is 0 Å². The lowest BCUT2D eigenvalue weighted by molar-refractivity contribution is 0.0625. The van der Waals surface area contributed by atoms with Gasteiger partial charge in [0.05, 0.1) is 11.1 Å². The summed E-state index contributed by atoms with van der Waals surface area (Å²) in [6.45, 7) is 3.18. The lowest BCUT2D eigenvalue weighted by Gasteiger charge is -2.35. The number of carbonyl (C=O) groups excluding carboxylic acids is 1. The molecule has 0 spiro atoms. The minimum absolute atomic E-state index is 0.0351. The molecule has 1 atom stereocenters. The number of piperidine rings is 1. The maximum atomic E-state index is 13.0. The van der Waals surface area contributed by atoms with Crippen LogP contribution in [-0.4, -0.2) is 34.9 Å². The first kappa shape index (κ1) is 15.3. The van der Waals surface area contributed by atoms with Gasteiger partial charge >= 0.3 is 0 Å². The largest absolute Gasteiger partial charge is 0.334 e. The predicted octanol–water partition coefficient (Wildman–Crippen LogP) is 3.15. The molecule has 0 aliphatic carbocycles. The van der Waals surface area contributed by atoms with E-state index >= 15 is 0 Å². The number of rotatable bonds is 2. The summed E-state index contributed by atoms with van der Waals surface area (Å²) in [5.41, 5.74) is 8.15. The van der Waals surface area contributed by atoms with Crippen molar-refractivity contribution in [3.05, 3.63) is 40.5 Å². The predicted molar refractivity (Wildman–Crippen MR) is 89.2 cm³/mol. The molecule has 0 bridgehead atoms. The first-order chi connectivity index (χ1) is 10.6. The quantitative estimate of drug-likeness (QED) is 0.925. The number of likely N-dealkylation sites (tertiary alicyclic amines) is 1. The van der Waals surface area contributed by atoms with Crippen molar-refractivity contribution in [2.24, 2.45) is 5.73 Å². The fourth-order valence-electron chi connectivity index (χ4n) is 3.18. The van der Waals surface area contributed by atoms with Crippen LogP contribution in [0.3, 0.4) is 0 Å². The third-order valence-electron chi connectivity index (χ3n) is 4.29. The highest BCUT2D eigenvalue weighted by molar-refractivity contribution is 6.31. The molecule has 22 heavy (non-hydrogen) atoms. The molecular weight excluding hydrogens is 298 g/mol. The van der Waals surface area contributed by atoms with Crippen LogP contribution in [0.25, 0.3) is 10.9 Å². The van der Waals surface area contributed by atoms with Gasteiger partial charge in [-0.15, -0.1) is 0 Å². The zero-order valence-electron chi connectivity index (χ0n) is 12.7. The van der Waals surface area contributed by atoms with Crippen molar-refractivity contribution in [3.8, 4) is 0 Å². The van der Waals surface area contributed by atoms with Crippen molar-refractivity contribution in [2.75, 3.05) is 13.1 Å². The minimum atomic E-state index is 0.0351. The van der Waals surface area contributed by atoms with Crippen molar-refractivity contribution >= 4 is 28.4 Å². The Morgan fingerprint density at radius 2 is 2.23 bits per heavy atom. The third kappa shape index (κ3) is 2.81. The van der Waals surface area contributed by atoms with Gasteiger partial charge in [-0.2, -0.15) is 0 Å². The Labute approximate surface area is 135 Å². The maximum absolute atomic E-state index is 13.0. The second-order valence-corrected chi connectivity index (χ2v) is 6.29. The first-order valence-electron chi connectivity index (χ1n) is 7.68. The molecule has 3 rings (SSSR count). The van der Waals surface area contributed by atoms with Crippen LogP contribution in [0.4, 0.5) is 0 Å². The molecule has 2 heterocycles. The van der Waals surface area contributed by atoms with E-state index in [1.807, 2.05) is 30.0 Å². The van der Waals surface area contributed by atoms with E-state index in [9.17, 15) is 4.79 Å². The molecule has 2 aromatic rings. The van der Waals surface area contributed by atoms with Gasteiger partial charge in [-0.25, -0.2) is 0 Å². The van der Waals surface area contributed by atoms with Gasteiger partial charge in [0.15, 0.2) is 0 Å². The molecule has 4 nitrogen and oxygen atoms in total. The molecule has 2 N–H and O–H groups in total. The minimum Gasteiger partial charge on any atom is -0.334 e. The number of halogens is 1. The number of aryl methyl sites for hydroxylation is 1. The number of carbonyl (C=O) groups is 1. The summed E-state index contributed by atoms with van der Waals surface area (Å²) in [4.78, 5) is 19.5. The summed E-state index contributed by atoms with van der Waals surface area (Å²) in [5.74, 6) is 0.0351. The number of pyridine rings is 1. The van der Waals surface area contributed by atoms with E-state index < -0.39 is 0 Å². The van der Waals surface area contributed by atoms with Crippen molar-refractivity contribution in [1.29, 1.82) is 0 Å². The van der Waals surface area contributed by atoms with E-state index in [0.29, 0.717) is 17.1 Å². The normalized spacial score (nSPS) is 18.7. The molecule has 5 heteroatoms. The molecule has 1 amide bonds. The van der Waals surface area contributed by atoms with E-state index in [4.69, 9.17) is 17.3 Å². The van der Waals surface area contributed by atoms with Gasteiger partial charge in [0.2, 0.25) is 0 Å². The molecule has 0 saturated carbocycles. The van der Waals surface area contributed by atoms with Gasteiger partial charge in [0.1, 0.15) is 0 Å². The van der Waals surface area contributed by atoms with Crippen molar-refractivity contribution in [1.82, 2.24) is 9.88 Å². The van der Waals surface area contributed by atoms with E-state index in [-0.39, 0.29) is 11.9 Å². The number of aromatic nitrogens is 1. The summed E-state index contributed by atoms with van der Waals surface area (Å²) in [5, 5.41) is 1.42. The van der Waals surface area contributed by atoms with Crippen LogP contribution in [0, 0.1) is 6.92 Å². The number of hydrogen-bond acceptors (Lipinski definition) is 3. The van der Waals surface area contributed by atoms with Gasteiger partial charge < -0.3 is 10.6 Å². The van der Waals surface area contributed by atoms with Crippen LogP contribution < -0.4 is 5.73 Å². The topological polar surface area (TPSA) is 59.2 Å². The summed E-state index contributed by atoms with van der Waals surface area (Å²) in [7, 11) is 0. The average molecular weight is 318 g/mol. The van der Waals surface area contributed by atoms with Gasteiger partial charge in [-0.1, -0.05) is 11.6 Å². The molecule has 1 unspecified atom stereocenters. The lowest BCUT2D eigenvalue weighted by Crippen LogP contribution is -2.47. The highest BCUT2D eigenvalue weighted by atomic mass is 35.5. The van der Waals surface area contributed by atoms with Gasteiger partial charge in [0.25, 0.3) is 5.91 Å². The zero-order valence-corrected chi connectivity index (χ0v) is 13.4. The highest BCUT2D eigenvalue weighted by Crippen LogP contribution is 2.26. The smallest absolute Gasteiger partial charge is 0.254 e. The van der Waals surface area contributed by atoms with Crippen LogP contribution in [0.2, 0.25) is 5.02 Å². The molecule has 1 fully saturated rings. The maximum Gasteiger partial charge on any atom is 0.254 e. The van der Waals surface area contributed by atoms with Crippen LogP contribution in [0.1, 0.15) is 35.3 Å². The summed E-state index contributed by atoms with van der Waals surface area (Å²) >= 11 is 6.10. The summed E-state index contributed by atoms with van der Waals surface area (Å²) < 4.78 is 0. The Kier molecular flexibility index (Phi) is 4.32. The Bertz CT molecular complexity index is 716. The monoisotopic (exact) mass is 317 g/mol. The van der Waals surface area contributed by atoms with Crippen molar-refractivity contribution in [2.45, 2.75) is 32.2 Å². The van der Waals surface area contributed by atoms with Crippen LogP contribution in [0.15, 0.2) is 24.3 Å². The second-order valence-electron chi connectivity index (χ2n) is 5.86. The van der Waals surface area contributed by atoms with E-state index in [1.54, 1.807) is 6.07 Å². The van der Waals surface area contributed by atoms with Crippen molar-refractivity contribution < 1.29 is 4.79 Å². The third-order valence-corrected chi connectivity index (χ3v) is 4.52. The van der Waals surface area contributed by atoms with Crippen molar-refractivity contribution in [3.63, 3.8) is 0 Å². The molecule has 0 radical (unpaired) electrons. The SMILES string of the molecule is Cc1cc(C(=O)N2CCCCC2CN)c2cc(Cl)ccc2n1. The van der Waals surface area contributed by atoms with Gasteiger partial charge in [0, 0.05) is 35.2 Å². The van der Waals surface area contributed by atoms with Gasteiger partial charge in [-0.3, -0.25) is 9.78 Å². The Morgan fingerprint density at radius 1 is 1.41 bits per heavy atom. The fraction of sp³-hybridized carbons (Fsp3) is 0.412. The molecule has 1 aliphatic heterocycles. The van der Waals surface area contributed by atoms with Gasteiger partial charge in [-0.05, 0) is 50.5 Å². The van der Waals surface area contributed by atoms with E-state index in [0.717, 1.165) is 42.4 Å². The number of hydrogen-bond donors (Lipinski definition) is 1. The standard InChI is InChI=1S/C17H20ClN3O/c1-11-8-15(14-9-12(18)5-6-16(14)20-11)17(22)21-7-3-2-4-13(21)10-19/h5-6,8-9,13H,2-4,7,10,19H2,1H3. The lowest BCUT2D eigenvalue weighted by atomic mass is 9.99. The first-order valence-corrected chi connectivity index (χ1v) is 8.06. The number of nitrogens with two attached hydrogens (primary N) is 1. The Balaban J connectivity index is 2.08. The molecule has 1 saturated heterocycles. The number of fused-ring (bicyclic) bond motifs is 1. The number of amides is 1. The van der Waals surface area contributed by atoms with E-state index in [2.05, 4.69) is 4.98 Å². The summed E-state index contributed by atoms with van der Waals surface area (Å²) in [6, 6.07) is 7.46. The number of benzene rings is 1. The summed E-state index contributed by atoms with van der Waals surface area (Å²) in [6.07, 6.45) is 3.14. The average Bonchev–Trinajstić information content (AvgIpc) is 2.53. The molecule has 1 aliphatic rings. The Hall–Kier alpha value is -1.65. The molecular formula is C17H20ClN3O. The molecule has 116 valence electrons. The molecule has 1 aromatic carbocycles.